The molecule has 1 aliphatic rings. The fraction of sp³-hybridized carbons (Fsp3) is 0.600. The van der Waals surface area contributed by atoms with Crippen LogP contribution < -0.4 is 4.74 Å². The van der Waals surface area contributed by atoms with Crippen molar-refractivity contribution in [3.8, 4) is 5.75 Å². The molecular formula is C15H23NO2S. The van der Waals surface area contributed by atoms with Crippen molar-refractivity contribution < 1.29 is 9.84 Å². The zero-order valence-corrected chi connectivity index (χ0v) is 12.7. The Morgan fingerprint density at radius 3 is 2.95 bits per heavy atom. The number of hydrogen-bond acceptors (Lipinski definition) is 4. The van der Waals surface area contributed by atoms with E-state index in [2.05, 4.69) is 19.0 Å². The molecule has 1 heterocycles. The second kappa shape index (κ2) is 6.16. The highest BCUT2D eigenvalue weighted by Crippen LogP contribution is 2.41. The first-order valence-corrected chi connectivity index (χ1v) is 7.81. The van der Waals surface area contributed by atoms with E-state index in [0.717, 1.165) is 35.8 Å². The lowest BCUT2D eigenvalue weighted by atomic mass is 9.79. The number of ether oxygens (including phenoxy) is 1. The SMILES string of the molecule is COc1cccc([C@@]2(O)CCSC[C@@H]2CN(C)C)c1. The molecule has 2 rings (SSSR count). The molecule has 4 heteroatoms. The number of thioether (sulfide) groups is 1. The predicted molar refractivity (Wildman–Crippen MR) is 80.9 cm³/mol. The molecule has 0 unspecified atom stereocenters. The highest BCUT2D eigenvalue weighted by molar-refractivity contribution is 7.99. The van der Waals surface area contributed by atoms with Gasteiger partial charge in [-0.3, -0.25) is 0 Å². The van der Waals surface area contributed by atoms with Gasteiger partial charge in [0.2, 0.25) is 0 Å². The lowest BCUT2D eigenvalue weighted by Gasteiger charge is -2.41. The Labute approximate surface area is 120 Å². The summed E-state index contributed by atoms with van der Waals surface area (Å²) in [5.41, 5.74) is 0.253. The molecule has 0 aliphatic carbocycles. The first kappa shape index (κ1) is 14.7. The van der Waals surface area contributed by atoms with Crippen molar-refractivity contribution in [3.63, 3.8) is 0 Å². The molecule has 19 heavy (non-hydrogen) atoms. The molecule has 2 atom stereocenters. The Kier molecular flexibility index (Phi) is 4.76. The van der Waals surface area contributed by atoms with Crippen LogP contribution in [-0.4, -0.2) is 49.3 Å². The summed E-state index contributed by atoms with van der Waals surface area (Å²) in [5, 5.41) is 11.2. The first-order chi connectivity index (χ1) is 9.06. The lowest BCUT2D eigenvalue weighted by molar-refractivity contribution is -0.0294. The van der Waals surface area contributed by atoms with Gasteiger partial charge in [-0.2, -0.15) is 11.8 Å². The van der Waals surface area contributed by atoms with Crippen LogP contribution in [0.5, 0.6) is 5.75 Å². The molecule has 0 amide bonds. The average molecular weight is 281 g/mol. The van der Waals surface area contributed by atoms with Gasteiger partial charge in [0.1, 0.15) is 5.75 Å². The molecule has 1 N–H and O–H groups in total. The van der Waals surface area contributed by atoms with Gasteiger partial charge >= 0.3 is 0 Å². The smallest absolute Gasteiger partial charge is 0.119 e. The molecular weight excluding hydrogens is 258 g/mol. The van der Waals surface area contributed by atoms with Gasteiger partial charge in [-0.15, -0.1) is 0 Å². The molecule has 1 aliphatic heterocycles. The molecule has 0 radical (unpaired) electrons. The van der Waals surface area contributed by atoms with Crippen LogP contribution in [0.2, 0.25) is 0 Å². The van der Waals surface area contributed by atoms with E-state index < -0.39 is 5.60 Å². The number of methoxy groups -OCH3 is 1. The Morgan fingerprint density at radius 1 is 1.47 bits per heavy atom. The standard InChI is InChI=1S/C15H23NO2S/c1-16(2)10-13-11-19-8-7-15(13,17)12-5-4-6-14(9-12)18-3/h4-6,9,13,17H,7-8,10-11H2,1-3H3/t13-,15-/m0/s1. The highest BCUT2D eigenvalue weighted by atomic mass is 32.2. The van der Waals surface area contributed by atoms with Crippen molar-refractivity contribution >= 4 is 11.8 Å². The Bertz CT molecular complexity index is 424. The number of aliphatic hydroxyl groups is 1. The zero-order chi connectivity index (χ0) is 13.9. The average Bonchev–Trinajstić information content (AvgIpc) is 2.41. The highest BCUT2D eigenvalue weighted by Gasteiger charge is 2.41. The maximum Gasteiger partial charge on any atom is 0.119 e. The topological polar surface area (TPSA) is 32.7 Å². The van der Waals surface area contributed by atoms with Crippen molar-refractivity contribution in [2.45, 2.75) is 12.0 Å². The second-order valence-electron chi connectivity index (χ2n) is 5.44. The lowest BCUT2D eigenvalue weighted by Crippen LogP contribution is -2.45. The first-order valence-electron chi connectivity index (χ1n) is 6.65. The maximum atomic E-state index is 11.2. The zero-order valence-electron chi connectivity index (χ0n) is 11.9. The van der Waals surface area contributed by atoms with Crippen LogP contribution in [0, 0.1) is 5.92 Å². The van der Waals surface area contributed by atoms with Gasteiger partial charge in [-0.05, 0) is 44.0 Å². The summed E-state index contributed by atoms with van der Waals surface area (Å²) in [6, 6.07) is 7.87. The van der Waals surface area contributed by atoms with E-state index in [1.807, 2.05) is 36.0 Å². The quantitative estimate of drug-likeness (QED) is 0.917. The summed E-state index contributed by atoms with van der Waals surface area (Å²) in [4.78, 5) is 2.15. The third kappa shape index (κ3) is 3.25. The fourth-order valence-corrected chi connectivity index (χ4v) is 4.00. The molecule has 1 aromatic carbocycles. The van der Waals surface area contributed by atoms with E-state index in [-0.39, 0.29) is 5.92 Å². The molecule has 0 saturated carbocycles. The minimum atomic E-state index is -0.732. The normalized spacial score (nSPS) is 27.5. The Balaban J connectivity index is 2.30. The van der Waals surface area contributed by atoms with E-state index in [4.69, 9.17) is 4.74 Å². The largest absolute Gasteiger partial charge is 0.497 e. The summed E-state index contributed by atoms with van der Waals surface area (Å²) in [7, 11) is 5.79. The van der Waals surface area contributed by atoms with Crippen LogP contribution in [0.3, 0.4) is 0 Å². The molecule has 1 fully saturated rings. The van der Waals surface area contributed by atoms with Crippen molar-refractivity contribution in [2.24, 2.45) is 5.92 Å². The van der Waals surface area contributed by atoms with Gasteiger partial charge < -0.3 is 14.7 Å². The minimum Gasteiger partial charge on any atom is -0.497 e. The predicted octanol–water partition coefficient (Wildman–Crippen LogP) is 2.20. The van der Waals surface area contributed by atoms with Crippen LogP contribution in [0.4, 0.5) is 0 Å². The summed E-state index contributed by atoms with van der Waals surface area (Å²) < 4.78 is 5.28. The molecule has 1 aromatic rings. The van der Waals surface area contributed by atoms with Gasteiger partial charge in [0.15, 0.2) is 0 Å². The van der Waals surface area contributed by atoms with Crippen LogP contribution in [0.1, 0.15) is 12.0 Å². The third-order valence-electron chi connectivity index (χ3n) is 3.78. The summed E-state index contributed by atoms with van der Waals surface area (Å²) in [6.07, 6.45) is 0.809. The van der Waals surface area contributed by atoms with Crippen LogP contribution in [0.25, 0.3) is 0 Å². The monoisotopic (exact) mass is 281 g/mol. The van der Waals surface area contributed by atoms with Crippen LogP contribution in [-0.2, 0) is 5.60 Å². The second-order valence-corrected chi connectivity index (χ2v) is 6.59. The summed E-state index contributed by atoms with van der Waals surface area (Å²) in [5.74, 6) is 3.09. The molecule has 0 aromatic heterocycles. The van der Waals surface area contributed by atoms with E-state index in [1.54, 1.807) is 7.11 Å². The van der Waals surface area contributed by atoms with Crippen LogP contribution >= 0.6 is 11.8 Å². The third-order valence-corrected chi connectivity index (χ3v) is 4.91. The molecule has 106 valence electrons. The van der Waals surface area contributed by atoms with E-state index in [9.17, 15) is 5.11 Å². The summed E-state index contributed by atoms with van der Waals surface area (Å²) >= 11 is 1.93. The van der Waals surface area contributed by atoms with Gasteiger partial charge in [0.05, 0.1) is 12.7 Å². The molecule has 1 saturated heterocycles. The molecule has 0 spiro atoms. The summed E-state index contributed by atoms with van der Waals surface area (Å²) in [6.45, 7) is 0.903. The van der Waals surface area contributed by atoms with E-state index in [1.165, 1.54) is 0 Å². The number of hydrogen-bond donors (Lipinski definition) is 1. The van der Waals surface area contributed by atoms with Gasteiger partial charge in [0, 0.05) is 18.2 Å². The van der Waals surface area contributed by atoms with Gasteiger partial charge in [0.25, 0.3) is 0 Å². The number of rotatable bonds is 4. The van der Waals surface area contributed by atoms with Crippen molar-refractivity contribution in [3.05, 3.63) is 29.8 Å². The molecule has 3 nitrogen and oxygen atoms in total. The maximum absolute atomic E-state index is 11.2. The van der Waals surface area contributed by atoms with Crippen LogP contribution in [0.15, 0.2) is 24.3 Å². The number of nitrogens with zero attached hydrogens (tertiary/aromatic N) is 1. The Morgan fingerprint density at radius 2 is 2.26 bits per heavy atom. The van der Waals surface area contributed by atoms with Gasteiger partial charge in [-0.1, -0.05) is 12.1 Å². The fourth-order valence-electron chi connectivity index (χ4n) is 2.71. The molecule has 0 bridgehead atoms. The van der Waals surface area contributed by atoms with E-state index >= 15 is 0 Å². The van der Waals surface area contributed by atoms with Crippen molar-refractivity contribution in [1.29, 1.82) is 0 Å². The van der Waals surface area contributed by atoms with E-state index in [0.29, 0.717) is 0 Å². The Hall–Kier alpha value is -0.710. The van der Waals surface area contributed by atoms with Gasteiger partial charge in [-0.25, -0.2) is 0 Å². The van der Waals surface area contributed by atoms with Crippen molar-refractivity contribution in [2.75, 3.05) is 39.3 Å². The minimum absolute atomic E-state index is 0.258. The number of benzene rings is 1. The van der Waals surface area contributed by atoms with Crippen molar-refractivity contribution in [1.82, 2.24) is 4.90 Å².